The van der Waals surface area contributed by atoms with Crippen molar-refractivity contribution in [2.45, 2.75) is 45.6 Å². The minimum Gasteiger partial charge on any atom is -0.354 e. The third kappa shape index (κ3) is 4.88. The van der Waals surface area contributed by atoms with Crippen LogP contribution in [0.5, 0.6) is 0 Å². The van der Waals surface area contributed by atoms with Crippen molar-refractivity contribution in [2.24, 2.45) is 5.73 Å². The van der Waals surface area contributed by atoms with Crippen LogP contribution in [0.1, 0.15) is 37.3 Å². The molecule has 100 valence electrons. The molecule has 0 unspecified atom stereocenters. The van der Waals surface area contributed by atoms with E-state index in [0.717, 1.165) is 25.7 Å². The Kier molecular flexibility index (Phi) is 6.44. The number of carbonyl (C=O) groups excluding carboxylic acids is 1. The highest BCUT2D eigenvalue weighted by Crippen LogP contribution is 2.06. The topological polar surface area (TPSA) is 55.1 Å². The number of hydrogen-bond acceptors (Lipinski definition) is 2. The molecule has 1 aromatic rings. The highest BCUT2D eigenvalue weighted by atomic mass is 16.2. The molecule has 0 fully saturated rings. The van der Waals surface area contributed by atoms with Gasteiger partial charge >= 0.3 is 0 Å². The van der Waals surface area contributed by atoms with Gasteiger partial charge in [0.1, 0.15) is 0 Å². The monoisotopic (exact) mass is 248 g/mol. The van der Waals surface area contributed by atoms with Gasteiger partial charge < -0.3 is 11.1 Å². The Labute approximate surface area is 110 Å². The molecule has 1 aromatic carbocycles. The van der Waals surface area contributed by atoms with Gasteiger partial charge in [0.05, 0.1) is 6.04 Å². The number of amides is 1. The van der Waals surface area contributed by atoms with Gasteiger partial charge in [-0.25, -0.2) is 0 Å². The highest BCUT2D eigenvalue weighted by Gasteiger charge is 2.11. The van der Waals surface area contributed by atoms with Crippen molar-refractivity contribution in [3.05, 3.63) is 35.4 Å². The summed E-state index contributed by atoms with van der Waals surface area (Å²) in [7, 11) is 0. The number of nitrogens with one attached hydrogen (secondary N) is 1. The zero-order valence-electron chi connectivity index (χ0n) is 11.4. The molecule has 0 radical (unpaired) electrons. The minimum absolute atomic E-state index is 0.0305. The summed E-state index contributed by atoms with van der Waals surface area (Å²) in [6.07, 6.45) is 3.71. The van der Waals surface area contributed by atoms with E-state index < -0.39 is 0 Å². The van der Waals surface area contributed by atoms with E-state index in [1.54, 1.807) is 0 Å². The summed E-state index contributed by atoms with van der Waals surface area (Å²) >= 11 is 0. The van der Waals surface area contributed by atoms with Crippen molar-refractivity contribution < 1.29 is 4.79 Å². The summed E-state index contributed by atoms with van der Waals surface area (Å²) in [4.78, 5) is 11.7. The number of benzene rings is 1. The number of nitrogens with two attached hydrogens (primary N) is 1. The predicted molar refractivity (Wildman–Crippen MR) is 75.4 cm³/mol. The maximum absolute atomic E-state index is 11.7. The van der Waals surface area contributed by atoms with Gasteiger partial charge in [-0.3, -0.25) is 4.79 Å². The fraction of sp³-hybridized carbons (Fsp3) is 0.533. The van der Waals surface area contributed by atoms with E-state index >= 15 is 0 Å². The molecule has 0 aliphatic rings. The maximum Gasteiger partial charge on any atom is 0.236 e. The zero-order chi connectivity index (χ0) is 13.4. The summed E-state index contributed by atoms with van der Waals surface area (Å²) < 4.78 is 0. The van der Waals surface area contributed by atoms with Crippen molar-refractivity contribution in [3.63, 3.8) is 0 Å². The summed E-state index contributed by atoms with van der Waals surface area (Å²) in [6.45, 7) is 4.84. The quantitative estimate of drug-likeness (QED) is 0.777. The third-order valence-corrected chi connectivity index (χ3v) is 3.16. The molecule has 3 nitrogen and oxygen atoms in total. The zero-order valence-corrected chi connectivity index (χ0v) is 11.4. The Morgan fingerprint density at radius 2 is 2.11 bits per heavy atom. The normalized spacial score (nSPS) is 12.2. The number of unbranched alkanes of at least 4 members (excludes halogenated alkanes) is 1. The van der Waals surface area contributed by atoms with Crippen LogP contribution >= 0.6 is 0 Å². The smallest absolute Gasteiger partial charge is 0.236 e. The third-order valence-electron chi connectivity index (χ3n) is 3.16. The van der Waals surface area contributed by atoms with Gasteiger partial charge in [-0.1, -0.05) is 44.0 Å². The summed E-state index contributed by atoms with van der Waals surface area (Å²) in [6, 6.07) is 7.87. The lowest BCUT2D eigenvalue weighted by Gasteiger charge is -2.12. The molecule has 0 bridgehead atoms. The molecule has 1 rings (SSSR count). The van der Waals surface area contributed by atoms with E-state index in [1.165, 1.54) is 11.1 Å². The second-order valence-corrected chi connectivity index (χ2v) is 4.72. The van der Waals surface area contributed by atoms with E-state index in [2.05, 4.69) is 31.3 Å². The summed E-state index contributed by atoms with van der Waals surface area (Å²) in [5.41, 5.74) is 8.34. The molecule has 18 heavy (non-hydrogen) atoms. The molecule has 0 saturated carbocycles. The Morgan fingerprint density at radius 1 is 1.39 bits per heavy atom. The standard InChI is InChI=1S/C15H24N2O/c1-3-4-9-14(16)15(18)17-11-10-13-8-6-5-7-12(13)2/h5-8,14H,3-4,9-11,16H2,1-2H3,(H,17,18)/t14-/m0/s1. The number of carbonyl (C=O) groups is 1. The number of rotatable bonds is 7. The van der Waals surface area contributed by atoms with Gasteiger partial charge in [0.25, 0.3) is 0 Å². The summed E-state index contributed by atoms with van der Waals surface area (Å²) in [5, 5.41) is 2.90. The van der Waals surface area contributed by atoms with Crippen LogP contribution in [0.3, 0.4) is 0 Å². The van der Waals surface area contributed by atoms with Crippen molar-refractivity contribution in [3.8, 4) is 0 Å². The van der Waals surface area contributed by atoms with E-state index in [0.29, 0.717) is 6.54 Å². The van der Waals surface area contributed by atoms with E-state index in [1.807, 2.05) is 12.1 Å². The van der Waals surface area contributed by atoms with Crippen LogP contribution in [0.2, 0.25) is 0 Å². The lowest BCUT2D eigenvalue weighted by atomic mass is 10.1. The molecule has 1 atom stereocenters. The Bertz CT molecular complexity index is 377. The molecule has 1 amide bonds. The molecule has 3 N–H and O–H groups in total. The van der Waals surface area contributed by atoms with Crippen LogP contribution in [0.25, 0.3) is 0 Å². The molecule has 0 aromatic heterocycles. The van der Waals surface area contributed by atoms with Gasteiger partial charge in [0.2, 0.25) is 5.91 Å². The van der Waals surface area contributed by atoms with Crippen molar-refractivity contribution in [2.75, 3.05) is 6.54 Å². The first-order chi connectivity index (χ1) is 8.65. The second kappa shape index (κ2) is 7.88. The van der Waals surface area contributed by atoms with Gasteiger partial charge in [-0.2, -0.15) is 0 Å². The van der Waals surface area contributed by atoms with Crippen molar-refractivity contribution in [1.82, 2.24) is 5.32 Å². The molecule has 3 heteroatoms. The first-order valence-electron chi connectivity index (χ1n) is 6.73. The van der Waals surface area contributed by atoms with Gasteiger partial charge in [-0.15, -0.1) is 0 Å². The molecular weight excluding hydrogens is 224 g/mol. The highest BCUT2D eigenvalue weighted by molar-refractivity contribution is 5.81. The molecule has 0 spiro atoms. The Morgan fingerprint density at radius 3 is 2.78 bits per heavy atom. The van der Waals surface area contributed by atoms with Crippen molar-refractivity contribution >= 4 is 5.91 Å². The van der Waals surface area contributed by atoms with Gasteiger partial charge in [0.15, 0.2) is 0 Å². The molecular formula is C15H24N2O. The Balaban J connectivity index is 2.29. The average molecular weight is 248 g/mol. The Hall–Kier alpha value is -1.35. The van der Waals surface area contributed by atoms with Crippen LogP contribution in [0, 0.1) is 6.92 Å². The summed E-state index contributed by atoms with van der Waals surface area (Å²) in [5.74, 6) is -0.0305. The number of aryl methyl sites for hydroxylation is 1. The van der Waals surface area contributed by atoms with Crippen LogP contribution < -0.4 is 11.1 Å². The van der Waals surface area contributed by atoms with Gasteiger partial charge in [0, 0.05) is 6.54 Å². The molecule has 0 aliphatic carbocycles. The maximum atomic E-state index is 11.7. The number of hydrogen-bond donors (Lipinski definition) is 2. The lowest BCUT2D eigenvalue weighted by Crippen LogP contribution is -2.41. The van der Waals surface area contributed by atoms with E-state index in [-0.39, 0.29) is 11.9 Å². The predicted octanol–water partition coefficient (Wildman–Crippen LogP) is 2.17. The first kappa shape index (κ1) is 14.7. The molecule has 0 heterocycles. The fourth-order valence-corrected chi connectivity index (χ4v) is 1.90. The van der Waals surface area contributed by atoms with Crippen molar-refractivity contribution in [1.29, 1.82) is 0 Å². The van der Waals surface area contributed by atoms with E-state index in [9.17, 15) is 4.79 Å². The minimum atomic E-state index is -0.359. The van der Waals surface area contributed by atoms with Crippen LogP contribution in [0.4, 0.5) is 0 Å². The SMILES string of the molecule is CCCC[C@H](N)C(=O)NCCc1ccccc1C. The van der Waals surface area contributed by atoms with Crippen LogP contribution in [-0.4, -0.2) is 18.5 Å². The van der Waals surface area contributed by atoms with E-state index in [4.69, 9.17) is 5.73 Å². The average Bonchev–Trinajstić information content (AvgIpc) is 2.38. The molecule has 0 aliphatic heterocycles. The molecule has 0 saturated heterocycles. The van der Waals surface area contributed by atoms with Crippen LogP contribution in [0.15, 0.2) is 24.3 Å². The largest absolute Gasteiger partial charge is 0.354 e. The first-order valence-corrected chi connectivity index (χ1v) is 6.73. The van der Waals surface area contributed by atoms with Crippen LogP contribution in [-0.2, 0) is 11.2 Å². The van der Waals surface area contributed by atoms with Gasteiger partial charge in [-0.05, 0) is 30.9 Å². The fourth-order valence-electron chi connectivity index (χ4n) is 1.90. The lowest BCUT2D eigenvalue weighted by molar-refractivity contribution is -0.122. The second-order valence-electron chi connectivity index (χ2n) is 4.72.